The van der Waals surface area contributed by atoms with Gasteiger partial charge in [-0.1, -0.05) is 25.7 Å². The minimum absolute atomic E-state index is 0.265. The van der Waals surface area contributed by atoms with Gasteiger partial charge in [0.25, 0.3) is 0 Å². The van der Waals surface area contributed by atoms with E-state index in [4.69, 9.17) is 4.74 Å². The second-order valence-electron chi connectivity index (χ2n) is 6.43. The van der Waals surface area contributed by atoms with Crippen molar-refractivity contribution in [1.82, 2.24) is 15.5 Å². The summed E-state index contributed by atoms with van der Waals surface area (Å²) in [4.78, 5) is 6.60. The van der Waals surface area contributed by atoms with E-state index in [-0.39, 0.29) is 6.10 Å². The van der Waals surface area contributed by atoms with Gasteiger partial charge in [-0.2, -0.15) is 0 Å². The van der Waals surface area contributed by atoms with Crippen LogP contribution in [0, 0.1) is 5.92 Å². The third-order valence-electron chi connectivity index (χ3n) is 4.62. The van der Waals surface area contributed by atoms with Crippen LogP contribution in [0.4, 0.5) is 0 Å². The van der Waals surface area contributed by atoms with Gasteiger partial charge in [-0.15, -0.1) is 0 Å². The second kappa shape index (κ2) is 9.26. The molecule has 5 heteroatoms. The van der Waals surface area contributed by atoms with E-state index in [9.17, 15) is 0 Å². The summed E-state index contributed by atoms with van der Waals surface area (Å²) in [6.07, 6.45) is 8.64. The highest BCUT2D eigenvalue weighted by molar-refractivity contribution is 5.79. The molecule has 1 atom stereocenters. The van der Waals surface area contributed by atoms with Crippen molar-refractivity contribution in [3.8, 4) is 0 Å². The summed E-state index contributed by atoms with van der Waals surface area (Å²) in [5.74, 6) is 1.88. The molecule has 1 saturated carbocycles. The summed E-state index contributed by atoms with van der Waals surface area (Å²) >= 11 is 0. The molecule has 0 aromatic rings. The first-order valence-corrected chi connectivity index (χ1v) is 8.52. The molecule has 1 aliphatic carbocycles. The molecule has 1 unspecified atom stereocenters. The van der Waals surface area contributed by atoms with Gasteiger partial charge >= 0.3 is 0 Å². The molecule has 1 heterocycles. The van der Waals surface area contributed by atoms with Gasteiger partial charge in [0.2, 0.25) is 0 Å². The smallest absolute Gasteiger partial charge is 0.191 e. The third-order valence-corrected chi connectivity index (χ3v) is 4.62. The van der Waals surface area contributed by atoms with E-state index in [1.807, 2.05) is 7.05 Å². The Bertz CT molecular complexity index is 315. The molecule has 0 bridgehead atoms. The van der Waals surface area contributed by atoms with Crippen molar-refractivity contribution in [3.63, 3.8) is 0 Å². The Hall–Kier alpha value is -0.810. The maximum atomic E-state index is 5.75. The number of likely N-dealkylation sites (N-methyl/N-ethyl adjacent to an activating group) is 1. The zero-order valence-electron chi connectivity index (χ0n) is 13.7. The highest BCUT2D eigenvalue weighted by Gasteiger charge is 2.18. The topological polar surface area (TPSA) is 48.9 Å². The first-order valence-electron chi connectivity index (χ1n) is 8.52. The van der Waals surface area contributed by atoms with Crippen molar-refractivity contribution < 1.29 is 4.74 Å². The van der Waals surface area contributed by atoms with E-state index in [0.717, 1.165) is 44.7 Å². The normalized spacial score (nSPS) is 25.2. The van der Waals surface area contributed by atoms with Crippen LogP contribution in [-0.2, 0) is 4.74 Å². The van der Waals surface area contributed by atoms with Crippen LogP contribution in [0.25, 0.3) is 0 Å². The van der Waals surface area contributed by atoms with Crippen LogP contribution in [0.2, 0.25) is 0 Å². The minimum atomic E-state index is 0.265. The lowest BCUT2D eigenvalue weighted by molar-refractivity contribution is -0.0161. The van der Waals surface area contributed by atoms with Gasteiger partial charge in [-0.25, -0.2) is 0 Å². The second-order valence-corrected chi connectivity index (χ2v) is 6.43. The number of rotatable bonds is 6. The number of hydrogen-bond donors (Lipinski definition) is 2. The molecule has 21 heavy (non-hydrogen) atoms. The van der Waals surface area contributed by atoms with E-state index in [1.165, 1.54) is 38.5 Å². The highest BCUT2D eigenvalue weighted by atomic mass is 16.5. The van der Waals surface area contributed by atoms with Gasteiger partial charge in [-0.05, 0) is 25.8 Å². The molecule has 5 nitrogen and oxygen atoms in total. The predicted molar refractivity (Wildman–Crippen MR) is 87.8 cm³/mol. The van der Waals surface area contributed by atoms with Gasteiger partial charge in [0.05, 0.1) is 12.7 Å². The van der Waals surface area contributed by atoms with E-state index in [1.54, 1.807) is 0 Å². The maximum absolute atomic E-state index is 5.75. The van der Waals surface area contributed by atoms with Gasteiger partial charge in [0.15, 0.2) is 5.96 Å². The summed E-state index contributed by atoms with van der Waals surface area (Å²) in [5.41, 5.74) is 0. The van der Waals surface area contributed by atoms with E-state index < -0.39 is 0 Å². The van der Waals surface area contributed by atoms with Crippen LogP contribution in [-0.4, -0.2) is 63.8 Å². The monoisotopic (exact) mass is 296 g/mol. The Morgan fingerprint density at radius 3 is 2.81 bits per heavy atom. The number of ether oxygens (including phenoxy) is 1. The lowest BCUT2D eigenvalue weighted by Gasteiger charge is -2.30. The summed E-state index contributed by atoms with van der Waals surface area (Å²) in [5, 5.41) is 6.79. The molecule has 0 radical (unpaired) electrons. The first-order chi connectivity index (χ1) is 10.3. The van der Waals surface area contributed by atoms with Gasteiger partial charge in [0.1, 0.15) is 0 Å². The molecule has 2 N–H and O–H groups in total. The minimum Gasteiger partial charge on any atom is -0.374 e. The average molecular weight is 296 g/mol. The van der Waals surface area contributed by atoms with Crippen molar-refractivity contribution in [3.05, 3.63) is 0 Å². The van der Waals surface area contributed by atoms with Crippen LogP contribution in [0.3, 0.4) is 0 Å². The Kier molecular flexibility index (Phi) is 7.30. The molecule has 0 aromatic heterocycles. The van der Waals surface area contributed by atoms with Crippen LogP contribution in [0.1, 0.15) is 38.5 Å². The highest BCUT2D eigenvalue weighted by Crippen LogP contribution is 2.28. The fourth-order valence-electron chi connectivity index (χ4n) is 3.32. The van der Waals surface area contributed by atoms with E-state index >= 15 is 0 Å². The molecule has 122 valence electrons. The fourth-order valence-corrected chi connectivity index (χ4v) is 3.32. The third kappa shape index (κ3) is 6.22. The van der Waals surface area contributed by atoms with Gasteiger partial charge in [-0.3, -0.25) is 4.99 Å². The quantitative estimate of drug-likeness (QED) is 0.442. The molecule has 1 aliphatic heterocycles. The Labute approximate surface area is 129 Å². The molecule has 0 aromatic carbocycles. The molecule has 0 spiro atoms. The summed E-state index contributed by atoms with van der Waals surface area (Å²) in [6.45, 7) is 4.70. The SMILES string of the molecule is CN=C(NCCCC1CCCC1)NCC1CN(C)CCO1. The maximum Gasteiger partial charge on any atom is 0.191 e. The lowest BCUT2D eigenvalue weighted by Crippen LogP contribution is -2.48. The number of nitrogens with one attached hydrogen (secondary N) is 2. The number of hydrogen-bond acceptors (Lipinski definition) is 3. The Morgan fingerprint density at radius 2 is 2.10 bits per heavy atom. The summed E-state index contributed by atoms with van der Waals surface area (Å²) < 4.78 is 5.75. The molecule has 2 fully saturated rings. The van der Waals surface area contributed by atoms with Crippen molar-refractivity contribution >= 4 is 5.96 Å². The number of aliphatic imine (C=N–C) groups is 1. The Morgan fingerprint density at radius 1 is 1.29 bits per heavy atom. The number of guanidine groups is 1. The zero-order valence-corrected chi connectivity index (χ0v) is 13.7. The number of nitrogens with zero attached hydrogens (tertiary/aromatic N) is 2. The molecule has 2 aliphatic rings. The van der Waals surface area contributed by atoms with Gasteiger partial charge in [0, 0.05) is 33.2 Å². The molecule has 2 rings (SSSR count). The van der Waals surface area contributed by atoms with Crippen molar-refractivity contribution in [2.24, 2.45) is 10.9 Å². The van der Waals surface area contributed by atoms with Crippen molar-refractivity contribution in [2.45, 2.75) is 44.6 Å². The fraction of sp³-hybridized carbons (Fsp3) is 0.938. The van der Waals surface area contributed by atoms with Crippen LogP contribution >= 0.6 is 0 Å². The summed E-state index contributed by atoms with van der Waals surface area (Å²) in [7, 11) is 3.98. The zero-order chi connectivity index (χ0) is 14.9. The van der Waals surface area contributed by atoms with Gasteiger partial charge < -0.3 is 20.3 Å². The van der Waals surface area contributed by atoms with Crippen LogP contribution in [0.15, 0.2) is 4.99 Å². The molecule has 1 saturated heterocycles. The van der Waals surface area contributed by atoms with Crippen molar-refractivity contribution in [1.29, 1.82) is 0 Å². The molecular formula is C16H32N4O. The van der Waals surface area contributed by atoms with E-state index in [2.05, 4.69) is 27.6 Å². The molecule has 0 amide bonds. The number of morpholine rings is 1. The standard InChI is InChI=1S/C16H32N4O/c1-17-16(18-9-5-8-14-6-3-4-7-14)19-12-15-13-20(2)10-11-21-15/h14-15H,3-13H2,1-2H3,(H2,17,18,19). The molecular weight excluding hydrogens is 264 g/mol. The largest absolute Gasteiger partial charge is 0.374 e. The summed E-state index contributed by atoms with van der Waals surface area (Å²) in [6, 6.07) is 0. The lowest BCUT2D eigenvalue weighted by atomic mass is 10.0. The van der Waals surface area contributed by atoms with Crippen LogP contribution < -0.4 is 10.6 Å². The van der Waals surface area contributed by atoms with Crippen LogP contribution in [0.5, 0.6) is 0 Å². The first kappa shape index (κ1) is 16.6. The average Bonchev–Trinajstić information content (AvgIpc) is 3.00. The van der Waals surface area contributed by atoms with Crippen molar-refractivity contribution in [2.75, 3.05) is 46.9 Å². The van der Waals surface area contributed by atoms with E-state index in [0.29, 0.717) is 0 Å². The Balaban J connectivity index is 1.55. The predicted octanol–water partition coefficient (Wildman–Crippen LogP) is 1.45.